The van der Waals surface area contributed by atoms with E-state index in [2.05, 4.69) is 29.2 Å². The van der Waals surface area contributed by atoms with E-state index in [1.54, 1.807) is 0 Å². The molecule has 218 valence electrons. The smallest absolute Gasteiger partial charge is 0.460 e. The van der Waals surface area contributed by atoms with Crippen LogP contribution in [0.2, 0.25) is 0 Å². The van der Waals surface area contributed by atoms with E-state index in [0.717, 1.165) is 34.8 Å². The summed E-state index contributed by atoms with van der Waals surface area (Å²) < 4.78 is 17.9. The van der Waals surface area contributed by atoms with Gasteiger partial charge in [0.05, 0.1) is 11.2 Å². The Balaban J connectivity index is 1.19. The van der Waals surface area contributed by atoms with E-state index >= 15 is 0 Å². The van der Waals surface area contributed by atoms with Gasteiger partial charge in [-0.1, -0.05) is 36.4 Å². The molecule has 8 heteroatoms. The molecule has 0 saturated carbocycles. The summed E-state index contributed by atoms with van der Waals surface area (Å²) in [6.45, 7) is 15.3. The molecule has 1 aromatic heterocycles. The van der Waals surface area contributed by atoms with E-state index in [1.165, 1.54) is 5.56 Å². The number of likely N-dealkylation sites (tertiary alicyclic amines) is 1. The molecule has 3 heterocycles. The number of esters is 1. The van der Waals surface area contributed by atoms with Gasteiger partial charge < -0.3 is 23.9 Å². The molecule has 0 bridgehead atoms. The summed E-state index contributed by atoms with van der Waals surface area (Å²) in [6.07, 6.45) is 2.86. The number of aromatic nitrogens is 1. The zero-order valence-electron chi connectivity index (χ0n) is 25.5. The third-order valence-electron chi connectivity index (χ3n) is 8.64. The third-order valence-corrected chi connectivity index (χ3v) is 8.64. The molecule has 3 aromatic rings. The topological polar surface area (TPSA) is 80.9 Å². The van der Waals surface area contributed by atoms with Crippen molar-refractivity contribution in [2.45, 2.75) is 96.9 Å². The van der Waals surface area contributed by atoms with Crippen LogP contribution in [0, 0.1) is 0 Å². The largest absolute Gasteiger partial charge is 0.494 e. The highest BCUT2D eigenvalue weighted by molar-refractivity contribution is 6.62. The normalized spacial score (nSPS) is 19.1. The lowest BCUT2D eigenvalue weighted by atomic mass is 9.79. The van der Waals surface area contributed by atoms with Gasteiger partial charge in [-0.3, -0.25) is 9.59 Å². The summed E-state index contributed by atoms with van der Waals surface area (Å²) in [6, 6.07) is 16.5. The van der Waals surface area contributed by atoms with Crippen LogP contribution < -0.4 is 5.46 Å². The summed E-state index contributed by atoms with van der Waals surface area (Å²) in [4.78, 5) is 30.9. The molecule has 1 N–H and O–H groups in total. The number of nitrogens with one attached hydrogen (secondary N) is 1. The Hall–Kier alpha value is -3.10. The zero-order chi connectivity index (χ0) is 29.6. The maximum absolute atomic E-state index is 13.4. The Morgan fingerprint density at radius 3 is 2.34 bits per heavy atom. The molecule has 0 atom stereocenters. The maximum Gasteiger partial charge on any atom is 0.494 e. The number of hydrogen-bond donors (Lipinski definition) is 1. The summed E-state index contributed by atoms with van der Waals surface area (Å²) in [7, 11) is -0.443. The standard InChI is InChI=1S/C33H43BN2O5/c1-31(2,3)39-29(37)14-11-22-9-8-10-24(19-22)23-15-17-36(18-16-23)30(38)28-20-25-12-13-26(21-27(25)35-28)34-40-32(4,5)33(6,7)41-34/h8-10,12-13,19-21,23,35H,11,14-18H2,1-7H3. The third kappa shape index (κ3) is 6.54. The number of benzene rings is 2. The first-order valence-electron chi connectivity index (χ1n) is 14.8. The van der Waals surface area contributed by atoms with E-state index in [1.807, 2.05) is 77.6 Å². The summed E-state index contributed by atoms with van der Waals surface area (Å²) >= 11 is 0. The van der Waals surface area contributed by atoms with Crippen LogP contribution in [0.4, 0.5) is 0 Å². The average Bonchev–Trinajstić information content (AvgIpc) is 3.43. The Kier molecular flexibility index (Phi) is 7.85. The first-order valence-corrected chi connectivity index (χ1v) is 14.8. The number of piperidine rings is 1. The molecule has 2 fully saturated rings. The van der Waals surface area contributed by atoms with Crippen LogP contribution in [0.15, 0.2) is 48.5 Å². The minimum absolute atomic E-state index is 0.0305. The van der Waals surface area contributed by atoms with Gasteiger partial charge in [0.2, 0.25) is 0 Å². The molecular weight excluding hydrogens is 515 g/mol. The van der Waals surface area contributed by atoms with E-state index in [-0.39, 0.29) is 11.9 Å². The lowest BCUT2D eigenvalue weighted by Crippen LogP contribution is -2.41. The fourth-order valence-electron chi connectivity index (χ4n) is 5.61. The van der Waals surface area contributed by atoms with Crippen LogP contribution in [0.5, 0.6) is 0 Å². The fourth-order valence-corrected chi connectivity index (χ4v) is 5.61. The van der Waals surface area contributed by atoms with Crippen molar-refractivity contribution in [2.24, 2.45) is 0 Å². The van der Waals surface area contributed by atoms with Gasteiger partial charge in [-0.25, -0.2) is 0 Å². The molecule has 2 saturated heterocycles. The summed E-state index contributed by atoms with van der Waals surface area (Å²) in [5.74, 6) is 0.254. The number of amides is 1. The average molecular weight is 559 g/mol. The molecule has 7 nitrogen and oxygen atoms in total. The Morgan fingerprint density at radius 2 is 1.68 bits per heavy atom. The zero-order valence-corrected chi connectivity index (χ0v) is 25.5. The van der Waals surface area contributed by atoms with Gasteiger partial charge in [0.1, 0.15) is 11.3 Å². The second-order valence-electron chi connectivity index (χ2n) is 13.5. The number of rotatable bonds is 6. The minimum atomic E-state index is -0.464. The van der Waals surface area contributed by atoms with Crippen molar-refractivity contribution in [3.63, 3.8) is 0 Å². The first-order chi connectivity index (χ1) is 19.2. The van der Waals surface area contributed by atoms with Crippen molar-refractivity contribution < 1.29 is 23.6 Å². The summed E-state index contributed by atoms with van der Waals surface area (Å²) in [5, 5.41) is 0.992. The van der Waals surface area contributed by atoms with Gasteiger partial charge in [-0.05, 0) is 102 Å². The van der Waals surface area contributed by atoms with Crippen LogP contribution in [0.25, 0.3) is 10.9 Å². The van der Waals surface area contributed by atoms with Crippen molar-refractivity contribution >= 4 is 35.4 Å². The number of carbonyl (C=O) groups excluding carboxylic acids is 2. The van der Waals surface area contributed by atoms with Crippen LogP contribution in [-0.4, -0.2) is 58.8 Å². The van der Waals surface area contributed by atoms with Gasteiger partial charge in [0, 0.05) is 30.4 Å². The number of carbonyl (C=O) groups is 2. The molecule has 0 spiro atoms. The molecule has 0 unspecified atom stereocenters. The SMILES string of the molecule is CC(C)(C)OC(=O)CCc1cccc(C2CCN(C(=O)c3cc4ccc(B5OC(C)(C)C(C)(C)O5)cc4[nH]3)CC2)c1. The van der Waals surface area contributed by atoms with Gasteiger partial charge in [-0.15, -0.1) is 0 Å². The van der Waals surface area contributed by atoms with E-state index < -0.39 is 23.9 Å². The highest BCUT2D eigenvalue weighted by Crippen LogP contribution is 2.37. The van der Waals surface area contributed by atoms with Gasteiger partial charge >= 0.3 is 13.1 Å². The predicted molar refractivity (Wildman–Crippen MR) is 163 cm³/mol. The van der Waals surface area contributed by atoms with Crippen molar-refractivity contribution in [2.75, 3.05) is 13.1 Å². The van der Waals surface area contributed by atoms with E-state index in [9.17, 15) is 9.59 Å². The molecule has 0 aliphatic carbocycles. The first kappa shape index (κ1) is 29.4. The quantitative estimate of drug-likeness (QED) is 0.307. The van der Waals surface area contributed by atoms with Gasteiger partial charge in [-0.2, -0.15) is 0 Å². The molecule has 5 rings (SSSR count). The minimum Gasteiger partial charge on any atom is -0.460 e. The second kappa shape index (κ2) is 11.0. The molecule has 2 aromatic carbocycles. The van der Waals surface area contributed by atoms with Crippen LogP contribution in [-0.2, 0) is 25.3 Å². The lowest BCUT2D eigenvalue weighted by molar-refractivity contribution is -0.154. The van der Waals surface area contributed by atoms with Crippen molar-refractivity contribution in [3.05, 3.63) is 65.4 Å². The second-order valence-corrected chi connectivity index (χ2v) is 13.5. The molecule has 2 aliphatic rings. The lowest BCUT2D eigenvalue weighted by Gasteiger charge is -2.32. The van der Waals surface area contributed by atoms with Crippen LogP contribution in [0.1, 0.15) is 95.3 Å². The van der Waals surface area contributed by atoms with E-state index in [0.29, 0.717) is 37.5 Å². The molecule has 41 heavy (non-hydrogen) atoms. The number of aryl methyl sites for hydroxylation is 1. The number of fused-ring (bicyclic) bond motifs is 1. The van der Waals surface area contributed by atoms with E-state index in [4.69, 9.17) is 14.0 Å². The molecule has 2 aliphatic heterocycles. The van der Waals surface area contributed by atoms with Crippen molar-refractivity contribution in [3.8, 4) is 0 Å². The highest BCUT2D eigenvalue weighted by atomic mass is 16.7. The van der Waals surface area contributed by atoms with Gasteiger partial charge in [0.25, 0.3) is 5.91 Å². The predicted octanol–water partition coefficient (Wildman–Crippen LogP) is 5.76. The molecule has 1 amide bonds. The number of nitrogens with zero attached hydrogens (tertiary/aromatic N) is 1. The summed E-state index contributed by atoms with van der Waals surface area (Å²) in [5.41, 5.74) is 3.59. The maximum atomic E-state index is 13.4. The molecular formula is C33H43BN2O5. The monoisotopic (exact) mass is 558 g/mol. The Labute approximate surface area is 244 Å². The number of H-pyrrole nitrogens is 1. The van der Waals surface area contributed by atoms with Crippen molar-refractivity contribution in [1.29, 1.82) is 0 Å². The van der Waals surface area contributed by atoms with Crippen LogP contribution in [0.3, 0.4) is 0 Å². The van der Waals surface area contributed by atoms with Crippen LogP contribution >= 0.6 is 0 Å². The Bertz CT molecular complexity index is 1410. The fraction of sp³-hybridized carbons (Fsp3) is 0.515. The van der Waals surface area contributed by atoms with Gasteiger partial charge in [0.15, 0.2) is 0 Å². The number of hydrogen-bond acceptors (Lipinski definition) is 5. The molecule has 0 radical (unpaired) electrons. The number of ether oxygens (including phenoxy) is 1. The number of aromatic amines is 1. The van der Waals surface area contributed by atoms with Crippen molar-refractivity contribution in [1.82, 2.24) is 9.88 Å². The Morgan fingerprint density at radius 1 is 1.00 bits per heavy atom. The highest BCUT2D eigenvalue weighted by Gasteiger charge is 2.51.